The number of rotatable bonds is 7. The maximum atomic E-state index is 6.45. The summed E-state index contributed by atoms with van der Waals surface area (Å²) in [6, 6.07) is 3.90. The van der Waals surface area contributed by atoms with Crippen LogP contribution in [0.3, 0.4) is 0 Å². The first-order valence-corrected chi connectivity index (χ1v) is 8.01. The molecule has 2 N–H and O–H groups in total. The van der Waals surface area contributed by atoms with Gasteiger partial charge in [0.1, 0.15) is 0 Å². The number of nitrogens with two attached hydrogens (primary N) is 1. The van der Waals surface area contributed by atoms with Gasteiger partial charge in [-0.3, -0.25) is 0 Å². The van der Waals surface area contributed by atoms with Crippen LogP contribution in [0.5, 0.6) is 11.5 Å². The molecule has 0 aliphatic rings. The van der Waals surface area contributed by atoms with Crippen molar-refractivity contribution in [2.45, 2.75) is 47.1 Å². The monoisotopic (exact) mass is 343 g/mol. The van der Waals surface area contributed by atoms with Crippen molar-refractivity contribution in [3.8, 4) is 11.5 Å². The minimum atomic E-state index is -0.0586. The van der Waals surface area contributed by atoms with E-state index in [0.29, 0.717) is 13.2 Å². The van der Waals surface area contributed by atoms with Gasteiger partial charge in [-0.15, -0.1) is 0 Å². The van der Waals surface area contributed by atoms with E-state index in [4.69, 9.17) is 15.2 Å². The fourth-order valence-corrected chi connectivity index (χ4v) is 2.54. The molecule has 0 radical (unpaired) electrons. The molecule has 0 aromatic heterocycles. The molecule has 4 heteroatoms. The van der Waals surface area contributed by atoms with Gasteiger partial charge < -0.3 is 15.2 Å². The Morgan fingerprint density at radius 1 is 1.10 bits per heavy atom. The molecule has 20 heavy (non-hydrogen) atoms. The Labute approximate surface area is 131 Å². The molecule has 0 bridgehead atoms. The number of ether oxygens (including phenoxy) is 2. The summed E-state index contributed by atoms with van der Waals surface area (Å²) in [5, 5.41) is 0. The Morgan fingerprint density at radius 3 is 2.05 bits per heavy atom. The fraction of sp³-hybridized carbons (Fsp3) is 0.625. The summed E-state index contributed by atoms with van der Waals surface area (Å²) in [4.78, 5) is 0. The first-order chi connectivity index (χ1) is 9.37. The first-order valence-electron chi connectivity index (χ1n) is 7.21. The highest BCUT2D eigenvalue weighted by molar-refractivity contribution is 9.10. The lowest BCUT2D eigenvalue weighted by Gasteiger charge is -2.32. The topological polar surface area (TPSA) is 44.5 Å². The smallest absolute Gasteiger partial charge is 0.162 e. The lowest BCUT2D eigenvalue weighted by Crippen LogP contribution is -2.29. The molecule has 0 amide bonds. The summed E-state index contributed by atoms with van der Waals surface area (Å²) in [6.07, 6.45) is 1.01. The van der Waals surface area contributed by atoms with Crippen LogP contribution in [-0.4, -0.2) is 13.2 Å². The highest BCUT2D eigenvalue weighted by Crippen LogP contribution is 2.42. The second-order valence-electron chi connectivity index (χ2n) is 5.51. The van der Waals surface area contributed by atoms with E-state index in [9.17, 15) is 0 Å². The molecule has 0 aliphatic carbocycles. The third-order valence-electron chi connectivity index (χ3n) is 3.75. The van der Waals surface area contributed by atoms with E-state index < -0.39 is 0 Å². The average Bonchev–Trinajstić information content (AvgIpc) is 2.41. The zero-order chi connectivity index (χ0) is 15.3. The third-order valence-corrected chi connectivity index (χ3v) is 4.44. The largest absolute Gasteiger partial charge is 0.490 e. The molecule has 114 valence electrons. The van der Waals surface area contributed by atoms with Gasteiger partial charge in [-0.05, 0) is 43.4 Å². The van der Waals surface area contributed by atoms with Crippen molar-refractivity contribution in [1.29, 1.82) is 0 Å². The van der Waals surface area contributed by atoms with Gasteiger partial charge in [0.25, 0.3) is 0 Å². The van der Waals surface area contributed by atoms with Crippen LogP contribution >= 0.6 is 15.9 Å². The SMILES string of the molecule is CCOc1cc(Br)c(C(N)C(C)(C)CC)cc1OCC. The van der Waals surface area contributed by atoms with E-state index in [2.05, 4.69) is 36.7 Å². The second-order valence-corrected chi connectivity index (χ2v) is 6.36. The van der Waals surface area contributed by atoms with E-state index in [1.54, 1.807) is 0 Å². The number of halogens is 1. The van der Waals surface area contributed by atoms with Gasteiger partial charge in [-0.25, -0.2) is 0 Å². The van der Waals surface area contributed by atoms with Gasteiger partial charge in [0.05, 0.1) is 13.2 Å². The Morgan fingerprint density at radius 2 is 1.60 bits per heavy atom. The summed E-state index contributed by atoms with van der Waals surface area (Å²) >= 11 is 3.61. The van der Waals surface area contributed by atoms with Crippen LogP contribution in [0.4, 0.5) is 0 Å². The zero-order valence-corrected chi connectivity index (χ0v) is 14.7. The molecule has 3 nitrogen and oxygen atoms in total. The van der Waals surface area contributed by atoms with E-state index in [-0.39, 0.29) is 11.5 Å². The Bertz CT molecular complexity index is 446. The fourth-order valence-electron chi connectivity index (χ4n) is 1.97. The Kier molecular flexibility index (Phi) is 6.34. The van der Waals surface area contributed by atoms with Crippen molar-refractivity contribution in [3.63, 3.8) is 0 Å². The highest BCUT2D eigenvalue weighted by Gasteiger charge is 2.28. The van der Waals surface area contributed by atoms with Crippen LogP contribution in [0.1, 0.15) is 52.6 Å². The van der Waals surface area contributed by atoms with Gasteiger partial charge in [0.15, 0.2) is 11.5 Å². The van der Waals surface area contributed by atoms with Crippen LogP contribution in [0.25, 0.3) is 0 Å². The molecule has 0 fully saturated rings. The Hall–Kier alpha value is -0.740. The third kappa shape index (κ3) is 3.89. The molecule has 1 aromatic carbocycles. The van der Waals surface area contributed by atoms with Crippen LogP contribution in [-0.2, 0) is 0 Å². The lowest BCUT2D eigenvalue weighted by atomic mass is 9.79. The van der Waals surface area contributed by atoms with E-state index in [1.165, 1.54) is 0 Å². The molecule has 1 atom stereocenters. The number of hydrogen-bond donors (Lipinski definition) is 1. The molecule has 0 saturated heterocycles. The van der Waals surface area contributed by atoms with Crippen LogP contribution in [0, 0.1) is 5.41 Å². The van der Waals surface area contributed by atoms with Crippen molar-refractivity contribution < 1.29 is 9.47 Å². The van der Waals surface area contributed by atoms with Gasteiger partial charge in [0.2, 0.25) is 0 Å². The second kappa shape index (κ2) is 7.32. The van der Waals surface area contributed by atoms with Gasteiger partial charge in [-0.2, -0.15) is 0 Å². The summed E-state index contributed by atoms with van der Waals surface area (Å²) in [5.41, 5.74) is 7.53. The van der Waals surface area contributed by atoms with Crippen molar-refractivity contribution in [2.75, 3.05) is 13.2 Å². The van der Waals surface area contributed by atoms with Crippen LogP contribution in [0.2, 0.25) is 0 Å². The maximum Gasteiger partial charge on any atom is 0.162 e. The van der Waals surface area contributed by atoms with Crippen LogP contribution < -0.4 is 15.2 Å². The molecule has 1 rings (SSSR count). The molecule has 0 aliphatic heterocycles. The van der Waals surface area contributed by atoms with Crippen molar-refractivity contribution in [1.82, 2.24) is 0 Å². The van der Waals surface area contributed by atoms with Gasteiger partial charge in [0, 0.05) is 10.5 Å². The minimum absolute atomic E-state index is 0.0269. The number of benzene rings is 1. The molecular formula is C16H26BrNO2. The molecule has 0 saturated carbocycles. The van der Waals surface area contributed by atoms with E-state index >= 15 is 0 Å². The van der Waals surface area contributed by atoms with Crippen molar-refractivity contribution >= 4 is 15.9 Å². The maximum absolute atomic E-state index is 6.45. The van der Waals surface area contributed by atoms with E-state index in [1.807, 2.05) is 26.0 Å². The Balaban J connectivity index is 3.24. The molecule has 1 aromatic rings. The first kappa shape index (κ1) is 17.3. The normalized spacial score (nSPS) is 13.2. The summed E-state index contributed by atoms with van der Waals surface area (Å²) in [7, 11) is 0. The summed E-state index contributed by atoms with van der Waals surface area (Å²) in [5.74, 6) is 1.52. The summed E-state index contributed by atoms with van der Waals surface area (Å²) in [6.45, 7) is 11.7. The molecule has 0 spiro atoms. The van der Waals surface area contributed by atoms with E-state index in [0.717, 1.165) is 28.0 Å². The zero-order valence-electron chi connectivity index (χ0n) is 13.1. The average molecular weight is 344 g/mol. The molecule has 0 heterocycles. The quantitative estimate of drug-likeness (QED) is 0.781. The predicted octanol–water partition coefficient (Wildman–Crippen LogP) is 4.68. The molecule has 1 unspecified atom stereocenters. The van der Waals surface area contributed by atoms with Crippen LogP contribution in [0.15, 0.2) is 16.6 Å². The molecular weight excluding hydrogens is 318 g/mol. The number of hydrogen-bond acceptors (Lipinski definition) is 3. The highest BCUT2D eigenvalue weighted by atomic mass is 79.9. The minimum Gasteiger partial charge on any atom is -0.490 e. The standard InChI is InChI=1S/C16H26BrNO2/c1-6-16(4,5)15(18)11-9-13(19-7-2)14(20-8-3)10-12(11)17/h9-10,15H,6-8,18H2,1-5H3. The predicted molar refractivity (Wildman–Crippen MR) is 87.5 cm³/mol. The van der Waals surface area contributed by atoms with Gasteiger partial charge in [-0.1, -0.05) is 36.7 Å². The van der Waals surface area contributed by atoms with Crippen molar-refractivity contribution in [2.24, 2.45) is 11.1 Å². The van der Waals surface area contributed by atoms with Gasteiger partial charge >= 0.3 is 0 Å². The lowest BCUT2D eigenvalue weighted by molar-refractivity contribution is 0.271. The van der Waals surface area contributed by atoms with Crippen molar-refractivity contribution in [3.05, 3.63) is 22.2 Å². The summed E-state index contributed by atoms with van der Waals surface area (Å²) < 4.78 is 12.3.